The maximum Gasteiger partial charge on any atom is 0.194 e. The van der Waals surface area contributed by atoms with Crippen molar-refractivity contribution in [1.29, 1.82) is 0 Å². The van der Waals surface area contributed by atoms with Crippen LogP contribution >= 0.6 is 11.3 Å². The van der Waals surface area contributed by atoms with Gasteiger partial charge in [0, 0.05) is 23.7 Å². The van der Waals surface area contributed by atoms with E-state index in [4.69, 9.17) is 0 Å². The first-order valence-corrected chi connectivity index (χ1v) is 8.00. The van der Waals surface area contributed by atoms with Gasteiger partial charge in [-0.1, -0.05) is 20.3 Å². The van der Waals surface area contributed by atoms with E-state index in [-0.39, 0.29) is 0 Å². The number of aryl methyl sites for hydroxylation is 2. The van der Waals surface area contributed by atoms with Crippen LogP contribution in [-0.2, 0) is 6.54 Å². The molecule has 0 radical (unpaired) electrons. The van der Waals surface area contributed by atoms with Crippen molar-refractivity contribution in [3.63, 3.8) is 0 Å². The van der Waals surface area contributed by atoms with Crippen LogP contribution in [0, 0.1) is 19.8 Å². The van der Waals surface area contributed by atoms with Crippen molar-refractivity contribution in [2.45, 2.75) is 60.0 Å². The Morgan fingerprint density at radius 2 is 2.11 bits per heavy atom. The Labute approximate surface area is 120 Å². The monoisotopic (exact) mass is 279 g/mol. The van der Waals surface area contributed by atoms with Crippen molar-refractivity contribution in [2.75, 3.05) is 0 Å². The van der Waals surface area contributed by atoms with E-state index in [0.29, 0.717) is 6.04 Å². The van der Waals surface area contributed by atoms with E-state index in [1.165, 1.54) is 23.4 Å². The van der Waals surface area contributed by atoms with Crippen LogP contribution in [0.2, 0.25) is 0 Å². The molecule has 0 aromatic carbocycles. The molecule has 2 unspecified atom stereocenters. The molecule has 19 heavy (non-hydrogen) atoms. The van der Waals surface area contributed by atoms with Crippen molar-refractivity contribution in [2.24, 2.45) is 5.92 Å². The zero-order chi connectivity index (χ0) is 14.0. The molecule has 0 aliphatic carbocycles. The van der Waals surface area contributed by atoms with Gasteiger partial charge in [-0.2, -0.15) is 0 Å². The number of thiazole rings is 1. The van der Waals surface area contributed by atoms with E-state index in [9.17, 15) is 0 Å². The zero-order valence-electron chi connectivity index (χ0n) is 12.7. The third-order valence-corrected chi connectivity index (χ3v) is 4.71. The predicted molar refractivity (Wildman–Crippen MR) is 82.9 cm³/mol. The molecule has 0 spiro atoms. The van der Waals surface area contributed by atoms with Crippen LogP contribution in [0.4, 0.5) is 0 Å². The quantitative estimate of drug-likeness (QED) is 0.868. The summed E-state index contributed by atoms with van der Waals surface area (Å²) in [6.07, 6.45) is 4.68. The zero-order valence-corrected chi connectivity index (χ0v) is 13.5. The van der Waals surface area contributed by atoms with Gasteiger partial charge in [0.1, 0.15) is 0 Å². The average Bonchev–Trinajstić information content (AvgIpc) is 2.82. The van der Waals surface area contributed by atoms with Crippen LogP contribution < -0.4 is 5.32 Å². The Hall–Kier alpha value is -0.870. The fourth-order valence-corrected chi connectivity index (χ4v) is 3.34. The third kappa shape index (κ3) is 3.37. The first-order chi connectivity index (χ1) is 9.01. The molecule has 0 aliphatic heterocycles. The summed E-state index contributed by atoms with van der Waals surface area (Å²) >= 11 is 1.76. The summed E-state index contributed by atoms with van der Waals surface area (Å²) in [5.41, 5.74) is 2.45. The second-order valence-corrected chi connectivity index (χ2v) is 6.88. The number of aromatic nitrogens is 2. The van der Waals surface area contributed by atoms with Crippen molar-refractivity contribution in [1.82, 2.24) is 14.7 Å². The fraction of sp³-hybridized carbons (Fsp3) is 0.667. The van der Waals surface area contributed by atoms with Gasteiger partial charge in [-0.05, 0) is 33.1 Å². The van der Waals surface area contributed by atoms with Crippen LogP contribution in [-0.4, -0.2) is 15.4 Å². The smallest absolute Gasteiger partial charge is 0.194 e. The second kappa shape index (κ2) is 6.06. The third-order valence-electron chi connectivity index (χ3n) is 3.81. The van der Waals surface area contributed by atoms with E-state index >= 15 is 0 Å². The van der Waals surface area contributed by atoms with Crippen LogP contribution in [0.5, 0.6) is 0 Å². The highest BCUT2D eigenvalue weighted by Gasteiger charge is 2.12. The lowest BCUT2D eigenvalue weighted by Crippen LogP contribution is -2.28. The number of fused-ring (bicyclic) bond motifs is 1. The number of nitrogens with zero attached hydrogens (tertiary/aromatic N) is 2. The normalized spacial score (nSPS) is 15.0. The lowest BCUT2D eigenvalue weighted by Gasteiger charge is -2.17. The SMILES string of the molecule is CCC(C)CC(C)NCc1c(C)nc2sc(C)cn12. The van der Waals surface area contributed by atoms with Gasteiger partial charge in [0.05, 0.1) is 11.4 Å². The predicted octanol–water partition coefficient (Wildman–Crippen LogP) is 3.93. The fourth-order valence-electron chi connectivity index (χ4n) is 2.45. The molecule has 0 saturated heterocycles. The summed E-state index contributed by atoms with van der Waals surface area (Å²) in [6.45, 7) is 12.0. The van der Waals surface area contributed by atoms with E-state index in [0.717, 1.165) is 23.1 Å². The molecule has 2 aromatic rings. The number of hydrogen-bond acceptors (Lipinski definition) is 3. The van der Waals surface area contributed by atoms with Gasteiger partial charge in [-0.3, -0.25) is 4.40 Å². The maximum absolute atomic E-state index is 4.63. The van der Waals surface area contributed by atoms with Crippen molar-refractivity contribution < 1.29 is 0 Å². The number of imidazole rings is 1. The van der Waals surface area contributed by atoms with Gasteiger partial charge >= 0.3 is 0 Å². The summed E-state index contributed by atoms with van der Waals surface area (Å²) in [5, 5.41) is 3.64. The summed E-state index contributed by atoms with van der Waals surface area (Å²) in [5.74, 6) is 0.789. The van der Waals surface area contributed by atoms with Gasteiger partial charge in [-0.15, -0.1) is 11.3 Å². The molecule has 2 aromatic heterocycles. The average molecular weight is 279 g/mol. The largest absolute Gasteiger partial charge is 0.309 e. The number of hydrogen-bond donors (Lipinski definition) is 1. The number of rotatable bonds is 6. The minimum absolute atomic E-state index is 0.555. The Kier molecular flexibility index (Phi) is 4.63. The summed E-state index contributed by atoms with van der Waals surface area (Å²) in [4.78, 5) is 7.06. The van der Waals surface area contributed by atoms with E-state index < -0.39 is 0 Å². The molecule has 0 aliphatic rings. The summed E-state index contributed by atoms with van der Waals surface area (Å²) in [7, 11) is 0. The molecule has 2 atom stereocenters. The summed E-state index contributed by atoms with van der Waals surface area (Å²) < 4.78 is 2.23. The van der Waals surface area contributed by atoms with Gasteiger partial charge in [-0.25, -0.2) is 4.98 Å². The van der Waals surface area contributed by atoms with Gasteiger partial charge < -0.3 is 5.32 Å². The maximum atomic E-state index is 4.63. The van der Waals surface area contributed by atoms with Gasteiger partial charge in [0.25, 0.3) is 0 Å². The first kappa shape index (κ1) is 14.5. The Bertz CT molecular complexity index is 541. The Balaban J connectivity index is 2.02. The molecule has 106 valence electrons. The van der Waals surface area contributed by atoms with Crippen molar-refractivity contribution >= 4 is 16.3 Å². The molecule has 0 fully saturated rings. The van der Waals surface area contributed by atoms with Crippen LogP contribution in [0.3, 0.4) is 0 Å². The molecule has 0 amide bonds. The first-order valence-electron chi connectivity index (χ1n) is 7.18. The highest BCUT2D eigenvalue weighted by molar-refractivity contribution is 7.17. The molecule has 2 heterocycles. The highest BCUT2D eigenvalue weighted by atomic mass is 32.1. The molecule has 1 N–H and O–H groups in total. The van der Waals surface area contributed by atoms with Gasteiger partial charge in [0.15, 0.2) is 4.96 Å². The van der Waals surface area contributed by atoms with Crippen molar-refractivity contribution in [3.8, 4) is 0 Å². The van der Waals surface area contributed by atoms with E-state index in [1.54, 1.807) is 11.3 Å². The lowest BCUT2D eigenvalue weighted by molar-refractivity contribution is 0.410. The molecule has 0 saturated carbocycles. The molecule has 2 rings (SSSR count). The van der Waals surface area contributed by atoms with E-state index in [2.05, 4.69) is 55.5 Å². The number of nitrogens with one attached hydrogen (secondary N) is 1. The Morgan fingerprint density at radius 1 is 1.37 bits per heavy atom. The van der Waals surface area contributed by atoms with Crippen LogP contribution in [0.1, 0.15) is 49.9 Å². The lowest BCUT2D eigenvalue weighted by atomic mass is 10.0. The minimum atomic E-state index is 0.555. The van der Waals surface area contributed by atoms with Gasteiger partial charge in [0.2, 0.25) is 0 Å². The Morgan fingerprint density at radius 3 is 2.79 bits per heavy atom. The highest BCUT2D eigenvalue weighted by Crippen LogP contribution is 2.20. The minimum Gasteiger partial charge on any atom is -0.309 e. The summed E-state index contributed by atoms with van der Waals surface area (Å²) in [6, 6.07) is 0.555. The van der Waals surface area contributed by atoms with Crippen molar-refractivity contribution in [3.05, 3.63) is 22.5 Å². The van der Waals surface area contributed by atoms with E-state index in [1.807, 2.05) is 0 Å². The topological polar surface area (TPSA) is 29.3 Å². The molecule has 4 heteroatoms. The molecule has 0 bridgehead atoms. The second-order valence-electron chi connectivity index (χ2n) is 5.67. The van der Waals surface area contributed by atoms with Crippen LogP contribution in [0.15, 0.2) is 6.20 Å². The molecule has 3 nitrogen and oxygen atoms in total. The standard InChI is InChI=1S/C15H25N3S/c1-6-10(2)7-11(3)16-8-14-13(5)17-15-18(14)9-12(4)19-15/h9-11,16H,6-8H2,1-5H3. The molecular weight excluding hydrogens is 254 g/mol. The van der Waals surface area contributed by atoms with Crippen LogP contribution in [0.25, 0.3) is 4.96 Å². The molecular formula is C15H25N3S.